The summed E-state index contributed by atoms with van der Waals surface area (Å²) in [7, 11) is 0. The van der Waals surface area contributed by atoms with Crippen LogP contribution in [0.3, 0.4) is 0 Å². The van der Waals surface area contributed by atoms with Gasteiger partial charge in [0.1, 0.15) is 0 Å². The summed E-state index contributed by atoms with van der Waals surface area (Å²) in [5.74, 6) is 0.106. The predicted molar refractivity (Wildman–Crippen MR) is 116 cm³/mol. The van der Waals surface area contributed by atoms with Crippen molar-refractivity contribution in [2.45, 2.75) is 24.9 Å². The van der Waals surface area contributed by atoms with Crippen LogP contribution in [0.15, 0.2) is 24.3 Å². The topological polar surface area (TPSA) is 76.8 Å². The number of carbonyl (C=O) groups is 1. The first kappa shape index (κ1) is 25.4. The molecule has 2 unspecified atom stereocenters. The molecule has 1 aromatic carbocycles. The van der Waals surface area contributed by atoms with Crippen molar-refractivity contribution < 1.29 is 14.3 Å². The third kappa shape index (κ3) is 7.02. The van der Waals surface area contributed by atoms with Gasteiger partial charge in [0.25, 0.3) is 0 Å². The highest BCUT2D eigenvalue weighted by molar-refractivity contribution is 6.30. The van der Waals surface area contributed by atoms with Crippen molar-refractivity contribution >= 4 is 42.3 Å². The number of ether oxygens (including phenoxy) is 2. The Morgan fingerprint density at radius 3 is 2.46 bits per heavy atom. The lowest BCUT2D eigenvalue weighted by Gasteiger charge is -2.35. The number of nitrogens with zero attached hydrogens (tertiary/aromatic N) is 1. The Hall–Kier alpha value is -0.600. The van der Waals surface area contributed by atoms with Gasteiger partial charge < -0.3 is 20.5 Å². The highest BCUT2D eigenvalue weighted by Crippen LogP contribution is 2.24. The second-order valence-corrected chi connectivity index (χ2v) is 7.38. The second kappa shape index (κ2) is 12.9. The first-order valence-corrected chi connectivity index (χ1v) is 9.71. The molecule has 1 aromatic rings. The van der Waals surface area contributed by atoms with Crippen molar-refractivity contribution in [3.8, 4) is 0 Å². The maximum atomic E-state index is 12.6. The van der Waals surface area contributed by atoms with E-state index in [9.17, 15) is 4.79 Å². The minimum Gasteiger partial charge on any atom is -0.381 e. The molecule has 0 aromatic heterocycles. The van der Waals surface area contributed by atoms with Crippen LogP contribution in [0.25, 0.3) is 0 Å². The van der Waals surface area contributed by atoms with Gasteiger partial charge in [-0.3, -0.25) is 9.69 Å². The largest absolute Gasteiger partial charge is 0.381 e. The lowest BCUT2D eigenvalue weighted by atomic mass is 9.92. The molecule has 0 radical (unpaired) electrons. The van der Waals surface area contributed by atoms with Crippen molar-refractivity contribution in [3.05, 3.63) is 34.9 Å². The van der Waals surface area contributed by atoms with Gasteiger partial charge in [0.05, 0.1) is 25.3 Å². The summed E-state index contributed by atoms with van der Waals surface area (Å²) < 4.78 is 10.8. The van der Waals surface area contributed by atoms with E-state index in [-0.39, 0.29) is 42.7 Å². The van der Waals surface area contributed by atoms with Crippen LogP contribution in [-0.4, -0.2) is 62.9 Å². The van der Waals surface area contributed by atoms with Gasteiger partial charge in [-0.15, -0.1) is 24.8 Å². The molecule has 0 spiro atoms. The molecule has 2 aliphatic rings. The maximum Gasteiger partial charge on any atom is 0.237 e. The summed E-state index contributed by atoms with van der Waals surface area (Å²) in [6, 6.07) is 7.40. The van der Waals surface area contributed by atoms with Crippen LogP contribution in [0.1, 0.15) is 24.4 Å². The zero-order chi connectivity index (χ0) is 18.4. The van der Waals surface area contributed by atoms with Gasteiger partial charge in [-0.1, -0.05) is 23.7 Å². The van der Waals surface area contributed by atoms with Crippen molar-refractivity contribution in [1.29, 1.82) is 0 Å². The molecule has 2 heterocycles. The molecule has 1 amide bonds. The maximum absolute atomic E-state index is 12.6. The molecule has 0 bridgehead atoms. The summed E-state index contributed by atoms with van der Waals surface area (Å²) in [6.07, 6.45) is 1.69. The molecule has 2 atom stereocenters. The number of rotatable bonds is 6. The van der Waals surface area contributed by atoms with Crippen LogP contribution in [0.5, 0.6) is 0 Å². The number of benzene rings is 1. The molecular weight excluding hydrogens is 425 g/mol. The normalized spacial score (nSPS) is 20.4. The number of carbonyl (C=O) groups excluding carboxylic acids is 1. The molecule has 9 heteroatoms. The number of nitrogens with two attached hydrogens (primary N) is 1. The third-order valence-electron chi connectivity index (χ3n) is 5.27. The molecule has 3 N–H and O–H groups in total. The SMILES string of the molecule is Cl.Cl.NC(C(=O)NCC(c1cccc(Cl)c1)N1CCOCC1)C1CCOCC1. The minimum atomic E-state index is -0.483. The fraction of sp³-hybridized carbons (Fsp3) is 0.632. The van der Waals surface area contributed by atoms with Gasteiger partial charge in [0.2, 0.25) is 5.91 Å². The van der Waals surface area contributed by atoms with E-state index >= 15 is 0 Å². The third-order valence-corrected chi connectivity index (χ3v) is 5.50. The van der Waals surface area contributed by atoms with Crippen LogP contribution in [0.2, 0.25) is 5.02 Å². The minimum absolute atomic E-state index is 0. The van der Waals surface area contributed by atoms with Crippen molar-refractivity contribution in [2.24, 2.45) is 11.7 Å². The zero-order valence-corrected chi connectivity index (χ0v) is 18.2. The van der Waals surface area contributed by atoms with Crippen molar-refractivity contribution in [2.75, 3.05) is 46.1 Å². The van der Waals surface area contributed by atoms with Crippen LogP contribution >= 0.6 is 36.4 Å². The fourth-order valence-electron chi connectivity index (χ4n) is 3.66. The van der Waals surface area contributed by atoms with Gasteiger partial charge in [-0.25, -0.2) is 0 Å². The Bertz CT molecular complexity index is 597. The molecule has 6 nitrogen and oxygen atoms in total. The van der Waals surface area contributed by atoms with E-state index in [1.807, 2.05) is 18.2 Å². The molecule has 2 saturated heterocycles. The summed E-state index contributed by atoms with van der Waals surface area (Å²) in [4.78, 5) is 14.9. The molecule has 3 rings (SSSR count). The Morgan fingerprint density at radius 2 is 1.82 bits per heavy atom. The van der Waals surface area contributed by atoms with E-state index in [0.29, 0.717) is 38.0 Å². The lowest BCUT2D eigenvalue weighted by Crippen LogP contribution is -2.50. The zero-order valence-electron chi connectivity index (χ0n) is 15.8. The second-order valence-electron chi connectivity index (χ2n) is 6.94. The van der Waals surface area contributed by atoms with Crippen LogP contribution in [-0.2, 0) is 14.3 Å². The molecule has 2 aliphatic heterocycles. The monoisotopic (exact) mass is 453 g/mol. The smallest absolute Gasteiger partial charge is 0.237 e. The van der Waals surface area contributed by atoms with Crippen molar-refractivity contribution in [3.63, 3.8) is 0 Å². The highest BCUT2D eigenvalue weighted by atomic mass is 35.5. The summed E-state index contributed by atoms with van der Waals surface area (Å²) in [5, 5.41) is 3.76. The molecule has 0 aliphatic carbocycles. The highest BCUT2D eigenvalue weighted by Gasteiger charge is 2.28. The number of halogens is 3. The van der Waals surface area contributed by atoms with Crippen LogP contribution in [0, 0.1) is 5.92 Å². The molecule has 0 saturated carbocycles. The van der Waals surface area contributed by atoms with E-state index in [1.54, 1.807) is 0 Å². The number of nitrogens with one attached hydrogen (secondary N) is 1. The van der Waals surface area contributed by atoms with Gasteiger partial charge in [0.15, 0.2) is 0 Å². The summed E-state index contributed by atoms with van der Waals surface area (Å²) in [5.41, 5.74) is 7.29. The van der Waals surface area contributed by atoms with E-state index in [1.165, 1.54) is 0 Å². The number of hydrogen-bond donors (Lipinski definition) is 2. The van der Waals surface area contributed by atoms with E-state index in [0.717, 1.165) is 31.5 Å². The Morgan fingerprint density at radius 1 is 1.18 bits per heavy atom. The molecule has 2 fully saturated rings. The number of hydrogen-bond acceptors (Lipinski definition) is 5. The molecular formula is C19H30Cl3N3O3. The molecule has 160 valence electrons. The quantitative estimate of drug-likeness (QED) is 0.690. The van der Waals surface area contributed by atoms with Gasteiger partial charge in [-0.05, 0) is 36.5 Å². The summed E-state index contributed by atoms with van der Waals surface area (Å²) >= 11 is 6.18. The average Bonchev–Trinajstić information content (AvgIpc) is 2.69. The standard InChI is InChI=1S/C19H28ClN3O3.2ClH/c20-16-3-1-2-15(12-16)17(23-6-10-26-11-7-23)13-22-19(24)18(21)14-4-8-25-9-5-14;;/h1-3,12,14,17-18H,4-11,13,21H2,(H,22,24);2*1H. The number of morpholine rings is 1. The van der Waals surface area contributed by atoms with E-state index < -0.39 is 6.04 Å². The predicted octanol–water partition coefficient (Wildman–Crippen LogP) is 2.43. The Labute approximate surface area is 184 Å². The first-order chi connectivity index (χ1) is 12.6. The Balaban J connectivity index is 0.00000196. The fourth-order valence-corrected chi connectivity index (χ4v) is 3.86. The van der Waals surface area contributed by atoms with Crippen LogP contribution in [0.4, 0.5) is 0 Å². The van der Waals surface area contributed by atoms with Crippen LogP contribution < -0.4 is 11.1 Å². The number of amides is 1. The van der Waals surface area contributed by atoms with Crippen molar-refractivity contribution in [1.82, 2.24) is 10.2 Å². The van der Waals surface area contributed by atoms with Gasteiger partial charge in [0, 0.05) is 37.9 Å². The average molecular weight is 455 g/mol. The summed E-state index contributed by atoms with van der Waals surface area (Å²) in [6.45, 7) is 4.95. The lowest BCUT2D eigenvalue weighted by molar-refractivity contribution is -0.124. The van der Waals surface area contributed by atoms with E-state index in [4.69, 9.17) is 26.8 Å². The van der Waals surface area contributed by atoms with Gasteiger partial charge >= 0.3 is 0 Å². The van der Waals surface area contributed by atoms with Gasteiger partial charge in [-0.2, -0.15) is 0 Å². The molecule has 28 heavy (non-hydrogen) atoms. The first-order valence-electron chi connectivity index (χ1n) is 9.33. The van der Waals surface area contributed by atoms with E-state index in [2.05, 4.69) is 16.3 Å². The Kier molecular flexibility index (Phi) is 11.7.